The van der Waals surface area contributed by atoms with E-state index in [-0.39, 0.29) is 35.7 Å². The summed E-state index contributed by atoms with van der Waals surface area (Å²) in [4.78, 5) is -0.0354. The summed E-state index contributed by atoms with van der Waals surface area (Å²) < 4.78 is 93.9. The Labute approximate surface area is 191 Å². The van der Waals surface area contributed by atoms with Gasteiger partial charge in [-0.1, -0.05) is 0 Å². The number of phenolic OH excluding ortho intramolecular Hbond substituents is 2. The molecule has 0 saturated heterocycles. The van der Waals surface area contributed by atoms with Gasteiger partial charge in [0.25, 0.3) is 5.67 Å². The predicted molar refractivity (Wildman–Crippen MR) is 117 cm³/mol. The Hall–Kier alpha value is -2.72. The smallest absolute Gasteiger partial charge is 0.358 e. The molecule has 1 aliphatic rings. The van der Waals surface area contributed by atoms with E-state index in [1.54, 1.807) is 0 Å². The minimum absolute atomic E-state index is 0.00437. The Kier molecular flexibility index (Phi) is 4.46. The summed E-state index contributed by atoms with van der Waals surface area (Å²) >= 11 is 1.73. The van der Waals surface area contributed by atoms with E-state index in [1.165, 1.54) is 38.1 Å². The van der Waals surface area contributed by atoms with Crippen molar-refractivity contribution in [1.82, 2.24) is 0 Å². The number of aryl methyl sites for hydroxylation is 2. The first-order valence-corrected chi connectivity index (χ1v) is 11.3. The maximum Gasteiger partial charge on any atom is 0.358 e. The molecule has 0 spiro atoms. The largest absolute Gasteiger partial charge is 0.508 e. The summed E-state index contributed by atoms with van der Waals surface area (Å²) in [6, 6.07) is 7.13. The number of benzene rings is 2. The lowest BCUT2D eigenvalue weighted by Crippen LogP contribution is -2.49. The lowest BCUT2D eigenvalue weighted by Gasteiger charge is -2.31. The number of aromatic hydroxyl groups is 2. The Morgan fingerprint density at radius 1 is 0.758 bits per heavy atom. The van der Waals surface area contributed by atoms with E-state index in [4.69, 9.17) is 0 Å². The summed E-state index contributed by atoms with van der Waals surface area (Å²) in [5, 5.41) is 19.2. The first-order valence-electron chi connectivity index (χ1n) is 9.62. The SMILES string of the molecule is Cc1sc2cc(O)ccc2c1C1=C(F)C(F)(c2c(C)sc3ccc(O)cc23)C(F)(F)C1(F)F. The Morgan fingerprint density at radius 3 is 2.06 bits per heavy atom. The number of rotatable bonds is 2. The van der Waals surface area contributed by atoms with E-state index in [0.29, 0.717) is 0 Å². The van der Waals surface area contributed by atoms with Crippen molar-refractivity contribution >= 4 is 48.4 Å². The second-order valence-corrected chi connectivity index (χ2v) is 10.4. The van der Waals surface area contributed by atoms with Crippen molar-refractivity contribution < 1.29 is 36.6 Å². The van der Waals surface area contributed by atoms with Crippen LogP contribution in [0.1, 0.15) is 20.9 Å². The summed E-state index contributed by atoms with van der Waals surface area (Å²) in [7, 11) is 0. The van der Waals surface area contributed by atoms with Crippen LogP contribution >= 0.6 is 22.7 Å². The summed E-state index contributed by atoms with van der Waals surface area (Å²) in [5.74, 6) is -13.5. The highest BCUT2D eigenvalue weighted by Gasteiger charge is 2.81. The first kappa shape index (κ1) is 22.1. The van der Waals surface area contributed by atoms with Gasteiger partial charge in [0.1, 0.15) is 11.5 Å². The van der Waals surface area contributed by atoms with Crippen molar-refractivity contribution in [3.63, 3.8) is 0 Å². The van der Waals surface area contributed by atoms with Gasteiger partial charge in [0.2, 0.25) is 0 Å². The molecule has 0 amide bonds. The van der Waals surface area contributed by atoms with Crippen molar-refractivity contribution in [2.24, 2.45) is 0 Å². The topological polar surface area (TPSA) is 40.5 Å². The highest BCUT2D eigenvalue weighted by molar-refractivity contribution is 7.19. The molecule has 0 radical (unpaired) electrons. The molecule has 0 bridgehead atoms. The molecule has 2 aromatic heterocycles. The van der Waals surface area contributed by atoms with E-state index in [2.05, 4.69) is 0 Å². The number of hydrogen-bond donors (Lipinski definition) is 2. The number of phenols is 2. The first-order chi connectivity index (χ1) is 15.3. The van der Waals surface area contributed by atoms with Gasteiger partial charge in [-0.25, -0.2) is 8.78 Å². The lowest BCUT2D eigenvalue weighted by atomic mass is 9.88. The van der Waals surface area contributed by atoms with E-state index in [9.17, 15) is 10.2 Å². The molecule has 1 aliphatic carbocycles. The zero-order valence-electron chi connectivity index (χ0n) is 16.9. The molecule has 2 aromatic carbocycles. The van der Waals surface area contributed by atoms with E-state index in [0.717, 1.165) is 34.8 Å². The van der Waals surface area contributed by atoms with Crippen molar-refractivity contribution in [2.75, 3.05) is 0 Å². The number of halogens is 6. The number of hydrogen-bond acceptors (Lipinski definition) is 4. The molecule has 0 fully saturated rings. The van der Waals surface area contributed by atoms with Crippen LogP contribution in [0.25, 0.3) is 25.7 Å². The quantitative estimate of drug-likeness (QED) is 0.274. The van der Waals surface area contributed by atoms with Gasteiger partial charge in [-0.2, -0.15) is 17.6 Å². The average Bonchev–Trinajstić information content (AvgIpc) is 3.24. The average molecular weight is 500 g/mol. The van der Waals surface area contributed by atoms with Gasteiger partial charge in [0.15, 0.2) is 5.83 Å². The third-order valence-corrected chi connectivity index (χ3v) is 8.11. The monoisotopic (exact) mass is 500 g/mol. The van der Waals surface area contributed by atoms with Gasteiger partial charge >= 0.3 is 11.8 Å². The lowest BCUT2D eigenvalue weighted by molar-refractivity contribution is -0.228. The molecule has 1 unspecified atom stereocenters. The summed E-state index contributed by atoms with van der Waals surface area (Å²) in [6.07, 6.45) is 0. The van der Waals surface area contributed by atoms with Crippen molar-refractivity contribution in [1.29, 1.82) is 0 Å². The highest BCUT2D eigenvalue weighted by atomic mass is 32.1. The van der Waals surface area contributed by atoms with Gasteiger partial charge in [-0.05, 0) is 50.2 Å². The van der Waals surface area contributed by atoms with Gasteiger partial charge in [-0.3, -0.25) is 0 Å². The number of allylic oxidation sites excluding steroid dienone is 2. The molecule has 2 N–H and O–H groups in total. The van der Waals surface area contributed by atoms with Crippen LogP contribution in [-0.4, -0.2) is 22.1 Å². The molecular formula is C23H14F6O2S2. The molecular weight excluding hydrogens is 486 g/mol. The van der Waals surface area contributed by atoms with E-state index in [1.807, 2.05) is 0 Å². The molecule has 0 saturated carbocycles. The zero-order chi connectivity index (χ0) is 24.1. The van der Waals surface area contributed by atoms with Crippen molar-refractivity contribution in [3.05, 3.63) is 63.1 Å². The van der Waals surface area contributed by atoms with Gasteiger partial charge in [0.05, 0.1) is 5.57 Å². The zero-order valence-corrected chi connectivity index (χ0v) is 18.6. The molecule has 4 aromatic rings. The normalized spacial score (nSPS) is 22.1. The highest BCUT2D eigenvalue weighted by Crippen LogP contribution is 2.68. The summed E-state index contributed by atoms with van der Waals surface area (Å²) in [6.45, 7) is 2.58. The molecule has 10 heteroatoms. The molecule has 33 heavy (non-hydrogen) atoms. The maximum atomic E-state index is 16.3. The number of thiophene rings is 2. The van der Waals surface area contributed by atoms with E-state index >= 15 is 26.3 Å². The predicted octanol–water partition coefficient (Wildman–Crippen LogP) is 7.97. The molecule has 0 aliphatic heterocycles. The van der Waals surface area contributed by atoms with Crippen molar-refractivity contribution in [3.8, 4) is 11.5 Å². The van der Waals surface area contributed by atoms with Crippen molar-refractivity contribution in [2.45, 2.75) is 31.4 Å². The summed E-state index contributed by atoms with van der Waals surface area (Å²) in [5.41, 5.74) is -7.61. The fraction of sp³-hybridized carbons (Fsp3) is 0.217. The Bertz CT molecular complexity index is 1500. The third kappa shape index (κ3) is 2.62. The van der Waals surface area contributed by atoms with Crippen LogP contribution in [0.15, 0.2) is 42.2 Å². The second kappa shape index (κ2) is 6.66. The van der Waals surface area contributed by atoms with Gasteiger partial charge in [-0.15, -0.1) is 22.7 Å². The minimum Gasteiger partial charge on any atom is -0.508 e. The minimum atomic E-state index is -5.46. The van der Waals surface area contributed by atoms with Crippen LogP contribution in [0.4, 0.5) is 26.3 Å². The van der Waals surface area contributed by atoms with Gasteiger partial charge in [0, 0.05) is 41.1 Å². The maximum absolute atomic E-state index is 16.3. The van der Waals surface area contributed by atoms with Crippen LogP contribution in [0, 0.1) is 13.8 Å². The fourth-order valence-corrected chi connectivity index (χ4v) is 6.70. The number of fused-ring (bicyclic) bond motifs is 2. The number of alkyl halides is 5. The molecule has 2 heterocycles. The third-order valence-electron chi connectivity index (χ3n) is 5.95. The van der Waals surface area contributed by atoms with Crippen LogP contribution in [-0.2, 0) is 5.67 Å². The van der Waals surface area contributed by atoms with E-state index < -0.39 is 45.8 Å². The second-order valence-electron chi connectivity index (χ2n) is 7.92. The molecule has 2 nitrogen and oxygen atoms in total. The van der Waals surface area contributed by atoms with Crippen LogP contribution in [0.5, 0.6) is 11.5 Å². The van der Waals surface area contributed by atoms with Crippen LogP contribution < -0.4 is 0 Å². The molecule has 5 rings (SSSR count). The molecule has 172 valence electrons. The van der Waals surface area contributed by atoms with Gasteiger partial charge < -0.3 is 10.2 Å². The Balaban J connectivity index is 1.90. The standard InChI is InChI=1S/C23H14F6O2S2/c1-9-17(13-5-3-12(31)8-16(13)32-9)19-20(24)21(25,23(28,29)22(19,26)27)18-10(2)33-15-6-4-11(30)7-14(15)18/h3-8,30-31H,1-2H3. The fourth-order valence-electron chi connectivity index (χ4n) is 4.51. The molecule has 1 atom stereocenters. The van der Waals surface area contributed by atoms with Crippen LogP contribution in [0.2, 0.25) is 0 Å². The Morgan fingerprint density at radius 2 is 1.36 bits per heavy atom. The van der Waals surface area contributed by atoms with Crippen LogP contribution in [0.3, 0.4) is 0 Å².